The van der Waals surface area contributed by atoms with Crippen LogP contribution in [0.4, 0.5) is 0 Å². The first-order valence-corrected chi connectivity index (χ1v) is 34.6. The molecule has 80 heavy (non-hydrogen) atoms. The van der Waals surface area contributed by atoms with Crippen LogP contribution in [-0.2, 0) is 27.9 Å². The van der Waals surface area contributed by atoms with E-state index >= 15 is 0 Å². The quantitative estimate of drug-likeness (QED) is 0.0156. The molecule has 3 atom stereocenters. The molecule has 0 aromatic rings. The highest BCUT2D eigenvalue weighted by Gasteiger charge is 2.30. The summed E-state index contributed by atoms with van der Waals surface area (Å²) in [5, 5.41) is 3.05. The van der Waals surface area contributed by atoms with Crippen molar-refractivity contribution in [2.45, 2.75) is 296 Å². The van der Waals surface area contributed by atoms with E-state index in [4.69, 9.17) is 13.8 Å². The molecule has 0 saturated carbocycles. The number of allylic oxidation sites excluding steroid dienone is 15. The van der Waals surface area contributed by atoms with Gasteiger partial charge in [0.25, 0.3) is 0 Å². The summed E-state index contributed by atoms with van der Waals surface area (Å²) in [6, 6.07) is -0.861. The van der Waals surface area contributed by atoms with Gasteiger partial charge in [-0.3, -0.25) is 18.6 Å². The Morgan fingerprint density at radius 1 is 0.463 bits per heavy atom. The van der Waals surface area contributed by atoms with Crippen LogP contribution in [0, 0.1) is 0 Å². The molecule has 0 fully saturated rings. The minimum Gasteiger partial charge on any atom is -0.456 e. The fraction of sp³-hybridized carbons (Fsp3) is 0.743. The third-order valence-corrected chi connectivity index (χ3v) is 15.3. The molecule has 3 unspecified atom stereocenters. The molecule has 0 bridgehead atoms. The van der Waals surface area contributed by atoms with E-state index in [0.29, 0.717) is 17.4 Å². The van der Waals surface area contributed by atoms with Crippen molar-refractivity contribution in [3.05, 3.63) is 97.2 Å². The van der Waals surface area contributed by atoms with Crippen molar-refractivity contribution < 1.29 is 37.3 Å². The van der Waals surface area contributed by atoms with Gasteiger partial charge in [0.15, 0.2) is 0 Å². The zero-order chi connectivity index (χ0) is 58.6. The van der Waals surface area contributed by atoms with Gasteiger partial charge in [-0.15, -0.1) is 0 Å². The van der Waals surface area contributed by atoms with Crippen LogP contribution in [0.1, 0.15) is 284 Å². The lowest BCUT2D eigenvalue weighted by atomic mass is 10.0. The number of carbonyl (C=O) groups excluding carboxylic acids is 2. The first kappa shape index (κ1) is 76.9. The van der Waals surface area contributed by atoms with Gasteiger partial charge in [0.1, 0.15) is 19.3 Å². The van der Waals surface area contributed by atoms with Crippen LogP contribution >= 0.6 is 7.82 Å². The smallest absolute Gasteiger partial charge is 0.456 e. The zero-order valence-corrected chi connectivity index (χ0v) is 53.7. The molecule has 0 radical (unpaired) electrons. The number of phosphoric ester groups is 1. The summed E-state index contributed by atoms with van der Waals surface area (Å²) in [5.41, 5.74) is 0. The molecule has 0 rings (SSSR count). The van der Waals surface area contributed by atoms with Crippen molar-refractivity contribution in [2.24, 2.45) is 0 Å². The number of carbonyl (C=O) groups is 2. The van der Waals surface area contributed by atoms with Crippen LogP contribution in [0.2, 0.25) is 0 Å². The SMILES string of the molecule is CC/C=C/C=C/C=C/CCCCCCCCCC(=O)NC(COP(=O)(O)OCC[N+](C)(C)C)C(/C=C\CCCCCCCCCCCC)OC(=O)CCCCCCCCCCCCC/C=C\C/C=C\C/C=C\C/C=C\CCCCC. The summed E-state index contributed by atoms with van der Waals surface area (Å²) in [6.07, 6.45) is 79.8. The average Bonchev–Trinajstić information content (AvgIpc) is 3.42. The van der Waals surface area contributed by atoms with Crippen molar-refractivity contribution in [2.75, 3.05) is 40.9 Å². The molecule has 2 N–H and O–H groups in total. The van der Waals surface area contributed by atoms with Crippen molar-refractivity contribution in [1.82, 2.24) is 5.32 Å². The molecule has 0 aromatic carbocycles. The van der Waals surface area contributed by atoms with Crippen molar-refractivity contribution in [1.29, 1.82) is 0 Å². The second-order valence-corrected chi connectivity index (χ2v) is 24.8. The molecule has 0 aromatic heterocycles. The van der Waals surface area contributed by atoms with Gasteiger partial charge in [-0.25, -0.2) is 4.57 Å². The number of hydrogen-bond donors (Lipinski definition) is 2. The van der Waals surface area contributed by atoms with Crippen LogP contribution in [0.5, 0.6) is 0 Å². The Labute approximate surface area is 494 Å². The van der Waals surface area contributed by atoms with Crippen molar-refractivity contribution in [3.63, 3.8) is 0 Å². The highest BCUT2D eigenvalue weighted by atomic mass is 31.2. The summed E-state index contributed by atoms with van der Waals surface area (Å²) in [5.74, 6) is -0.523. The summed E-state index contributed by atoms with van der Waals surface area (Å²) in [4.78, 5) is 37.8. The number of hydrogen-bond acceptors (Lipinski definition) is 6. The van der Waals surface area contributed by atoms with Gasteiger partial charge in [-0.1, -0.05) is 272 Å². The fourth-order valence-corrected chi connectivity index (χ4v) is 9.95. The predicted molar refractivity (Wildman–Crippen MR) is 346 cm³/mol. The number of rotatable bonds is 59. The third-order valence-electron chi connectivity index (χ3n) is 14.3. The summed E-state index contributed by atoms with van der Waals surface area (Å²) in [7, 11) is 1.48. The van der Waals surface area contributed by atoms with Crippen LogP contribution in [0.25, 0.3) is 0 Å². The Kier molecular flexibility index (Phi) is 56.8. The summed E-state index contributed by atoms with van der Waals surface area (Å²) < 4.78 is 30.7. The van der Waals surface area contributed by atoms with Crippen molar-refractivity contribution in [3.8, 4) is 0 Å². The second kappa shape index (κ2) is 59.1. The lowest BCUT2D eigenvalue weighted by molar-refractivity contribution is -0.870. The minimum atomic E-state index is -4.46. The van der Waals surface area contributed by atoms with E-state index in [1.54, 1.807) is 0 Å². The summed E-state index contributed by atoms with van der Waals surface area (Å²) >= 11 is 0. The normalized spacial score (nSPS) is 14.2. The van der Waals surface area contributed by atoms with Crippen LogP contribution in [0.3, 0.4) is 0 Å². The number of esters is 1. The van der Waals surface area contributed by atoms with Gasteiger partial charge >= 0.3 is 13.8 Å². The molecule has 0 heterocycles. The lowest BCUT2D eigenvalue weighted by Crippen LogP contribution is -2.47. The van der Waals surface area contributed by atoms with E-state index in [1.165, 1.54) is 154 Å². The van der Waals surface area contributed by atoms with Gasteiger partial charge in [-0.05, 0) is 96.0 Å². The van der Waals surface area contributed by atoms with Gasteiger partial charge in [0.2, 0.25) is 5.91 Å². The number of nitrogens with zero attached hydrogens (tertiary/aromatic N) is 1. The van der Waals surface area contributed by atoms with E-state index < -0.39 is 20.0 Å². The lowest BCUT2D eigenvalue weighted by Gasteiger charge is -2.27. The fourth-order valence-electron chi connectivity index (χ4n) is 9.22. The number of nitrogens with one attached hydrogen (secondary N) is 1. The Bertz CT molecular complexity index is 1690. The number of unbranched alkanes of at least 4 members (excludes halogenated alkanes) is 31. The average molecular weight is 1140 g/mol. The number of amides is 1. The molecular formula is C70H126N2O7P+. The summed E-state index contributed by atoms with van der Waals surface area (Å²) in [6.45, 7) is 6.85. The highest BCUT2D eigenvalue weighted by molar-refractivity contribution is 7.47. The van der Waals surface area contributed by atoms with Crippen LogP contribution in [0.15, 0.2) is 97.2 Å². The second-order valence-electron chi connectivity index (χ2n) is 23.3. The maximum atomic E-state index is 13.5. The minimum absolute atomic E-state index is 0.0333. The molecule has 10 heteroatoms. The Morgan fingerprint density at radius 2 is 0.850 bits per heavy atom. The predicted octanol–water partition coefficient (Wildman–Crippen LogP) is 20.7. The standard InChI is InChI=1S/C70H125N2O7P/c1-7-10-13-16-19-22-25-28-30-31-32-33-34-35-36-37-38-39-40-41-43-45-48-51-54-57-60-63-70(74)79-68(61-58-55-52-49-46-27-24-21-18-15-12-9-3)67(66-78-80(75,76)77-65-64-72(4,5)6)71-69(73)62-59-56-53-50-47-44-42-29-26-23-20-17-14-11-8-2/h11,14,17,19-20,22-23,26,28,30,32-33,35-36,58,61,67-68H,7-10,12-13,15-16,18,21,24-25,27,29,31,34,37-57,59-60,62-66H2,1-6H3,(H-,71,73,75,76)/p+1/b14-11+,20-17+,22-19-,26-23+,30-28-,33-32-,36-35-,61-58-. The van der Waals surface area contributed by atoms with Crippen molar-refractivity contribution >= 4 is 19.7 Å². The molecule has 462 valence electrons. The maximum Gasteiger partial charge on any atom is 0.472 e. The maximum absolute atomic E-state index is 13.5. The van der Waals surface area contributed by atoms with Gasteiger partial charge in [0, 0.05) is 12.8 Å². The number of phosphoric acid groups is 1. The third kappa shape index (κ3) is 59.5. The molecule has 0 aliphatic heterocycles. The Morgan fingerprint density at radius 3 is 1.32 bits per heavy atom. The Balaban J connectivity index is 5.09. The van der Waals surface area contributed by atoms with Gasteiger partial charge < -0.3 is 19.4 Å². The largest absolute Gasteiger partial charge is 0.472 e. The Hall–Kier alpha value is -3.07. The van der Waals surface area contributed by atoms with E-state index in [2.05, 4.69) is 111 Å². The molecule has 0 aliphatic carbocycles. The molecule has 0 spiro atoms. The molecule has 0 saturated heterocycles. The molecule has 1 amide bonds. The van der Waals surface area contributed by atoms with Crippen LogP contribution < -0.4 is 5.32 Å². The zero-order valence-electron chi connectivity index (χ0n) is 52.8. The molecular weight excluding hydrogens is 1010 g/mol. The van der Waals surface area contributed by atoms with Gasteiger partial charge in [-0.2, -0.15) is 0 Å². The molecule has 0 aliphatic rings. The van der Waals surface area contributed by atoms with Gasteiger partial charge in [0.05, 0.1) is 33.8 Å². The number of ether oxygens (including phenoxy) is 1. The number of likely N-dealkylation sites (N-methyl/N-ethyl adjacent to an activating group) is 1. The van der Waals surface area contributed by atoms with E-state index in [0.717, 1.165) is 96.3 Å². The number of quaternary nitrogens is 1. The van der Waals surface area contributed by atoms with E-state index in [-0.39, 0.29) is 31.5 Å². The first-order valence-electron chi connectivity index (χ1n) is 33.1. The topological polar surface area (TPSA) is 111 Å². The van der Waals surface area contributed by atoms with E-state index in [9.17, 15) is 19.0 Å². The molecule has 9 nitrogen and oxygen atoms in total. The first-order chi connectivity index (χ1) is 38.9. The van der Waals surface area contributed by atoms with Crippen LogP contribution in [-0.4, -0.2) is 74.3 Å². The highest BCUT2D eigenvalue weighted by Crippen LogP contribution is 2.43. The van der Waals surface area contributed by atoms with E-state index in [1.807, 2.05) is 33.3 Å². The monoisotopic (exact) mass is 1140 g/mol.